The second-order valence-electron chi connectivity index (χ2n) is 4.98. The van der Waals surface area contributed by atoms with Crippen LogP contribution in [0.1, 0.15) is 58.8 Å². The molecule has 0 radical (unpaired) electrons. The third kappa shape index (κ3) is 11.6. The van der Waals surface area contributed by atoms with E-state index in [2.05, 4.69) is 17.6 Å². The molecule has 2 amide bonds. The van der Waals surface area contributed by atoms with Gasteiger partial charge in [-0.3, -0.25) is 4.79 Å². The van der Waals surface area contributed by atoms with Gasteiger partial charge in [0.2, 0.25) is 0 Å². The third-order valence-corrected chi connectivity index (χ3v) is 3.10. The first-order chi connectivity index (χ1) is 9.07. The molecule has 0 bridgehead atoms. The Bertz CT molecular complexity index is 257. The molecule has 0 aliphatic rings. The number of rotatable bonds is 11. The van der Waals surface area contributed by atoms with Gasteiger partial charge in [0.05, 0.1) is 5.92 Å². The largest absolute Gasteiger partial charge is 0.481 e. The minimum absolute atomic E-state index is 0.203. The summed E-state index contributed by atoms with van der Waals surface area (Å²) < 4.78 is 0. The average molecular weight is 272 g/mol. The molecular formula is C14H28N2O3. The lowest BCUT2D eigenvalue weighted by molar-refractivity contribution is -0.141. The summed E-state index contributed by atoms with van der Waals surface area (Å²) in [6.45, 7) is 4.91. The zero-order valence-electron chi connectivity index (χ0n) is 12.2. The molecule has 5 nitrogen and oxygen atoms in total. The van der Waals surface area contributed by atoms with Gasteiger partial charge in [0.25, 0.3) is 0 Å². The van der Waals surface area contributed by atoms with Crippen molar-refractivity contribution in [3.05, 3.63) is 0 Å². The lowest BCUT2D eigenvalue weighted by Crippen LogP contribution is -2.37. The Morgan fingerprint density at radius 3 is 2.21 bits per heavy atom. The second kappa shape index (κ2) is 11.8. The van der Waals surface area contributed by atoms with E-state index >= 15 is 0 Å². The highest BCUT2D eigenvalue weighted by molar-refractivity contribution is 5.74. The van der Waals surface area contributed by atoms with Gasteiger partial charge in [-0.05, 0) is 12.8 Å². The summed E-state index contributed by atoms with van der Waals surface area (Å²) in [5.41, 5.74) is 0. The number of urea groups is 1. The number of carbonyl (C=O) groups excluding carboxylic acids is 1. The van der Waals surface area contributed by atoms with Gasteiger partial charge >= 0.3 is 12.0 Å². The molecular weight excluding hydrogens is 244 g/mol. The molecule has 0 fully saturated rings. The Labute approximate surface area is 116 Å². The van der Waals surface area contributed by atoms with Crippen LogP contribution in [0.5, 0.6) is 0 Å². The van der Waals surface area contributed by atoms with Crippen molar-refractivity contribution in [1.29, 1.82) is 0 Å². The second-order valence-corrected chi connectivity index (χ2v) is 4.98. The molecule has 3 N–H and O–H groups in total. The number of amides is 2. The molecule has 0 saturated carbocycles. The fourth-order valence-electron chi connectivity index (χ4n) is 1.70. The summed E-state index contributed by atoms with van der Waals surface area (Å²) in [4.78, 5) is 21.9. The predicted octanol–water partition coefficient (Wildman–Crippen LogP) is 2.76. The van der Waals surface area contributed by atoms with E-state index in [4.69, 9.17) is 5.11 Å². The van der Waals surface area contributed by atoms with Gasteiger partial charge in [0, 0.05) is 13.1 Å². The van der Waals surface area contributed by atoms with Crippen LogP contribution in [0.4, 0.5) is 4.79 Å². The van der Waals surface area contributed by atoms with Gasteiger partial charge < -0.3 is 15.7 Å². The number of hydrogen-bond acceptors (Lipinski definition) is 2. The van der Waals surface area contributed by atoms with E-state index in [1.54, 1.807) is 6.92 Å². The van der Waals surface area contributed by atoms with E-state index in [1.165, 1.54) is 25.7 Å². The molecule has 5 heteroatoms. The highest BCUT2D eigenvalue weighted by Gasteiger charge is 2.10. The minimum atomic E-state index is -0.825. The molecule has 0 aliphatic carbocycles. The number of unbranched alkanes of at least 4 members (excludes halogenated alkanes) is 5. The average Bonchev–Trinajstić information content (AvgIpc) is 2.37. The van der Waals surface area contributed by atoms with Gasteiger partial charge in [-0.2, -0.15) is 0 Å². The van der Waals surface area contributed by atoms with Crippen LogP contribution in [0.2, 0.25) is 0 Å². The van der Waals surface area contributed by atoms with Gasteiger partial charge in [-0.1, -0.05) is 46.0 Å². The molecule has 0 aliphatic heterocycles. The van der Waals surface area contributed by atoms with Gasteiger partial charge in [-0.15, -0.1) is 0 Å². The van der Waals surface area contributed by atoms with Crippen molar-refractivity contribution in [1.82, 2.24) is 10.6 Å². The SMILES string of the molecule is CCCCCCCCNC(=O)NCCC(C)C(=O)O. The van der Waals surface area contributed by atoms with Crippen molar-refractivity contribution in [2.24, 2.45) is 5.92 Å². The van der Waals surface area contributed by atoms with Gasteiger partial charge in [-0.25, -0.2) is 4.79 Å². The molecule has 0 saturated heterocycles. The molecule has 0 aromatic rings. The Balaban J connectivity index is 3.33. The maximum absolute atomic E-state index is 11.4. The summed E-state index contributed by atoms with van der Waals surface area (Å²) in [6, 6.07) is -0.203. The van der Waals surface area contributed by atoms with Crippen molar-refractivity contribution in [3.8, 4) is 0 Å². The Morgan fingerprint density at radius 2 is 1.58 bits per heavy atom. The van der Waals surface area contributed by atoms with Gasteiger partial charge in [0.1, 0.15) is 0 Å². The summed E-state index contributed by atoms with van der Waals surface area (Å²) in [5.74, 6) is -1.24. The Morgan fingerprint density at radius 1 is 1.00 bits per heavy atom. The van der Waals surface area contributed by atoms with E-state index in [0.717, 1.165) is 12.8 Å². The maximum Gasteiger partial charge on any atom is 0.314 e. The third-order valence-electron chi connectivity index (χ3n) is 3.10. The van der Waals surface area contributed by atoms with Crippen LogP contribution in [0.3, 0.4) is 0 Å². The zero-order chi connectivity index (χ0) is 14.5. The van der Waals surface area contributed by atoms with Crippen LogP contribution in [0.15, 0.2) is 0 Å². The Kier molecular flexibility index (Phi) is 11.0. The predicted molar refractivity (Wildman–Crippen MR) is 76.2 cm³/mol. The lowest BCUT2D eigenvalue weighted by Gasteiger charge is -2.09. The first kappa shape index (κ1) is 17.7. The van der Waals surface area contributed by atoms with Gasteiger partial charge in [0.15, 0.2) is 0 Å². The zero-order valence-corrected chi connectivity index (χ0v) is 12.2. The monoisotopic (exact) mass is 272 g/mol. The highest BCUT2D eigenvalue weighted by Crippen LogP contribution is 2.04. The fraction of sp³-hybridized carbons (Fsp3) is 0.857. The van der Waals surface area contributed by atoms with E-state index in [9.17, 15) is 9.59 Å². The quantitative estimate of drug-likeness (QED) is 0.506. The molecule has 19 heavy (non-hydrogen) atoms. The van der Waals surface area contributed by atoms with Crippen LogP contribution in [-0.2, 0) is 4.79 Å². The molecule has 1 atom stereocenters. The number of carbonyl (C=O) groups is 2. The summed E-state index contributed by atoms with van der Waals surface area (Å²) in [5, 5.41) is 14.1. The van der Waals surface area contributed by atoms with Crippen molar-refractivity contribution in [2.45, 2.75) is 58.8 Å². The smallest absolute Gasteiger partial charge is 0.314 e. The van der Waals surface area contributed by atoms with Crippen LogP contribution in [-0.4, -0.2) is 30.2 Å². The molecule has 0 aromatic heterocycles. The van der Waals surface area contributed by atoms with E-state index < -0.39 is 11.9 Å². The number of hydrogen-bond donors (Lipinski definition) is 3. The molecule has 0 spiro atoms. The van der Waals surface area contributed by atoms with Crippen LogP contribution >= 0.6 is 0 Å². The fourth-order valence-corrected chi connectivity index (χ4v) is 1.70. The molecule has 0 rings (SSSR count). The number of carboxylic acid groups (broad SMARTS) is 1. The normalized spacial score (nSPS) is 11.9. The number of carboxylic acids is 1. The number of nitrogens with one attached hydrogen (secondary N) is 2. The topological polar surface area (TPSA) is 78.4 Å². The molecule has 0 heterocycles. The number of aliphatic carboxylic acids is 1. The summed E-state index contributed by atoms with van der Waals surface area (Å²) >= 11 is 0. The van der Waals surface area contributed by atoms with E-state index in [-0.39, 0.29) is 6.03 Å². The van der Waals surface area contributed by atoms with Crippen LogP contribution < -0.4 is 10.6 Å². The van der Waals surface area contributed by atoms with E-state index in [0.29, 0.717) is 19.5 Å². The van der Waals surface area contributed by atoms with Crippen molar-refractivity contribution < 1.29 is 14.7 Å². The molecule has 1 unspecified atom stereocenters. The standard InChI is InChI=1S/C14H28N2O3/c1-3-4-5-6-7-8-10-15-14(19)16-11-9-12(2)13(17)18/h12H,3-11H2,1-2H3,(H,17,18)(H2,15,16,19). The lowest BCUT2D eigenvalue weighted by atomic mass is 10.1. The summed E-state index contributed by atoms with van der Waals surface area (Å²) in [6.07, 6.45) is 7.65. The van der Waals surface area contributed by atoms with Crippen LogP contribution in [0, 0.1) is 5.92 Å². The highest BCUT2D eigenvalue weighted by atomic mass is 16.4. The van der Waals surface area contributed by atoms with Crippen molar-refractivity contribution in [2.75, 3.05) is 13.1 Å². The van der Waals surface area contributed by atoms with Crippen LogP contribution in [0.25, 0.3) is 0 Å². The first-order valence-corrected chi connectivity index (χ1v) is 7.32. The molecule has 112 valence electrons. The molecule has 0 aromatic carbocycles. The van der Waals surface area contributed by atoms with Crippen molar-refractivity contribution >= 4 is 12.0 Å². The van der Waals surface area contributed by atoms with E-state index in [1.807, 2.05) is 0 Å². The van der Waals surface area contributed by atoms with Crippen molar-refractivity contribution in [3.63, 3.8) is 0 Å². The maximum atomic E-state index is 11.4. The summed E-state index contributed by atoms with van der Waals surface area (Å²) in [7, 11) is 0. The Hall–Kier alpha value is -1.26. The minimum Gasteiger partial charge on any atom is -0.481 e. The first-order valence-electron chi connectivity index (χ1n) is 7.32.